The van der Waals surface area contributed by atoms with E-state index in [0.29, 0.717) is 5.82 Å². The van der Waals surface area contributed by atoms with Crippen LogP contribution in [0.2, 0.25) is 0 Å². The van der Waals surface area contributed by atoms with Gasteiger partial charge < -0.3 is 14.7 Å². The molecule has 0 aliphatic heterocycles. The van der Waals surface area contributed by atoms with Gasteiger partial charge in [-0.05, 0) is 92.5 Å². The first-order chi connectivity index (χ1) is 26.9. The van der Waals surface area contributed by atoms with Gasteiger partial charge in [0.2, 0.25) is 0 Å². The van der Waals surface area contributed by atoms with E-state index < -0.39 is 0 Å². The molecule has 0 aliphatic carbocycles. The van der Waals surface area contributed by atoms with E-state index in [0.717, 1.165) is 77.3 Å². The standard InChI is InChI=1S/C51H43N4O.Pt/c1-50(2,3)38-21-22-44(41(28-38)32-14-8-7-9-15-32)55-45-20-12-19-40(43-26-33-16-10-11-17-34(33)27-46(43)56)48(45)54-49(55)37-24-36(30-52-31-37)42-29-39(51(4,5)6)25-35-18-13-23-53-47(35)42;/h7-23,25-31,56H,1-6H3;/q-1;. The molecule has 0 unspecified atom stereocenters. The predicted molar refractivity (Wildman–Crippen MR) is 231 cm³/mol. The molecular weight excluding hydrogens is 880 g/mol. The van der Waals surface area contributed by atoms with E-state index in [9.17, 15) is 5.11 Å². The number of hydrogen-bond acceptors (Lipinski definition) is 4. The van der Waals surface area contributed by atoms with Crippen LogP contribution in [-0.4, -0.2) is 24.6 Å². The number of pyridine rings is 2. The molecule has 1 N–H and O–H groups in total. The van der Waals surface area contributed by atoms with Crippen LogP contribution in [0.4, 0.5) is 0 Å². The van der Waals surface area contributed by atoms with Gasteiger partial charge in [0, 0.05) is 55.2 Å². The first-order valence-corrected chi connectivity index (χ1v) is 19.2. The fourth-order valence-corrected chi connectivity index (χ4v) is 7.71. The van der Waals surface area contributed by atoms with Gasteiger partial charge in [0.15, 0.2) is 0 Å². The number of fused-ring (bicyclic) bond motifs is 3. The smallest absolute Gasteiger partial charge is 0.124 e. The fourth-order valence-electron chi connectivity index (χ4n) is 7.71. The first kappa shape index (κ1) is 38.0. The van der Waals surface area contributed by atoms with Gasteiger partial charge in [-0.15, -0.1) is 6.07 Å². The topological polar surface area (TPSA) is 63.8 Å². The average molecular weight is 923 g/mol. The minimum absolute atomic E-state index is 0. The van der Waals surface area contributed by atoms with Gasteiger partial charge in [-0.25, -0.2) is 0 Å². The Morgan fingerprint density at radius 1 is 0.561 bits per heavy atom. The van der Waals surface area contributed by atoms with Crippen LogP contribution in [-0.2, 0) is 31.9 Å². The van der Waals surface area contributed by atoms with Crippen molar-refractivity contribution in [3.8, 4) is 56.2 Å². The van der Waals surface area contributed by atoms with Gasteiger partial charge in [-0.3, -0.25) is 9.97 Å². The van der Waals surface area contributed by atoms with Crippen LogP contribution in [0, 0.1) is 6.07 Å². The molecule has 284 valence electrons. The zero-order valence-corrected chi connectivity index (χ0v) is 35.2. The van der Waals surface area contributed by atoms with Crippen molar-refractivity contribution in [2.75, 3.05) is 0 Å². The summed E-state index contributed by atoms with van der Waals surface area (Å²) < 4.78 is 2.24. The van der Waals surface area contributed by atoms with E-state index in [1.807, 2.05) is 61.1 Å². The number of nitrogens with zero attached hydrogens (tertiary/aromatic N) is 4. The third kappa shape index (κ3) is 6.95. The van der Waals surface area contributed by atoms with Gasteiger partial charge in [0.1, 0.15) is 5.75 Å². The molecule has 3 heterocycles. The van der Waals surface area contributed by atoms with Crippen LogP contribution in [0.25, 0.3) is 83.2 Å². The third-order valence-electron chi connectivity index (χ3n) is 10.8. The molecule has 0 fully saturated rings. The molecule has 0 spiro atoms. The average Bonchev–Trinajstić information content (AvgIpc) is 3.59. The van der Waals surface area contributed by atoms with Crippen LogP contribution in [0.3, 0.4) is 0 Å². The number of aromatic nitrogens is 4. The number of aromatic hydroxyl groups is 1. The number of para-hydroxylation sites is 1. The van der Waals surface area contributed by atoms with Gasteiger partial charge in [-0.2, -0.15) is 0 Å². The maximum atomic E-state index is 11.5. The zero-order valence-electron chi connectivity index (χ0n) is 32.9. The quantitative estimate of drug-likeness (QED) is 0.175. The van der Waals surface area contributed by atoms with E-state index in [1.165, 1.54) is 11.1 Å². The van der Waals surface area contributed by atoms with E-state index in [-0.39, 0.29) is 37.6 Å². The Balaban J connectivity index is 0.00000455. The van der Waals surface area contributed by atoms with Crippen molar-refractivity contribution >= 4 is 32.7 Å². The number of hydrogen-bond donors (Lipinski definition) is 1. The second-order valence-corrected chi connectivity index (χ2v) is 16.7. The van der Waals surface area contributed by atoms with Crippen LogP contribution >= 0.6 is 0 Å². The van der Waals surface area contributed by atoms with Crippen LogP contribution in [0.5, 0.6) is 5.75 Å². The van der Waals surface area contributed by atoms with Crippen LogP contribution in [0.1, 0.15) is 52.7 Å². The summed E-state index contributed by atoms with van der Waals surface area (Å²) in [6.07, 6.45) is 5.57. The van der Waals surface area contributed by atoms with Crippen LogP contribution < -0.4 is 0 Å². The van der Waals surface area contributed by atoms with Gasteiger partial charge in [0.05, 0.1) is 16.9 Å². The molecule has 0 saturated carbocycles. The molecule has 0 amide bonds. The SMILES string of the molecule is CC(C)(C)c1ccc(-n2c(-c3[c-]c(-c4cc(C(C)(C)C)cc5cccnc45)cnc3)nc3c(-c4cc5ccccc5cc4O)cccc32)c(-c2ccccc2)c1.[Pt]. The molecular formula is C51H43N4OPt-. The predicted octanol–water partition coefficient (Wildman–Crippen LogP) is 12.9. The van der Waals surface area contributed by atoms with Crippen molar-refractivity contribution in [1.82, 2.24) is 19.5 Å². The second-order valence-electron chi connectivity index (χ2n) is 16.7. The molecule has 0 saturated heterocycles. The Bertz CT molecular complexity index is 2950. The van der Waals surface area contributed by atoms with Crippen molar-refractivity contribution in [2.24, 2.45) is 0 Å². The van der Waals surface area contributed by atoms with Crippen molar-refractivity contribution < 1.29 is 26.2 Å². The zero-order chi connectivity index (χ0) is 38.8. The molecule has 0 aliphatic rings. The Kier molecular flexibility index (Phi) is 9.70. The van der Waals surface area contributed by atoms with Crippen LogP contribution in [0.15, 0.2) is 146 Å². The molecule has 9 rings (SSSR count). The van der Waals surface area contributed by atoms with E-state index in [4.69, 9.17) is 15.0 Å². The van der Waals surface area contributed by atoms with E-state index in [2.05, 4.69) is 137 Å². The summed E-state index contributed by atoms with van der Waals surface area (Å²) in [5, 5.41) is 14.6. The summed E-state index contributed by atoms with van der Waals surface area (Å²) in [5.74, 6) is 0.909. The summed E-state index contributed by atoms with van der Waals surface area (Å²) >= 11 is 0. The van der Waals surface area contributed by atoms with Gasteiger partial charge in [0.25, 0.3) is 0 Å². The minimum atomic E-state index is -0.0738. The molecule has 57 heavy (non-hydrogen) atoms. The molecule has 6 aromatic carbocycles. The second kappa shape index (κ2) is 14.6. The third-order valence-corrected chi connectivity index (χ3v) is 10.8. The van der Waals surface area contributed by atoms with Crippen molar-refractivity contribution in [3.05, 3.63) is 163 Å². The summed E-state index contributed by atoms with van der Waals surface area (Å²) in [4.78, 5) is 15.2. The maximum Gasteiger partial charge on any atom is 0.124 e. The molecule has 5 nitrogen and oxygen atoms in total. The van der Waals surface area contributed by atoms with Gasteiger partial charge in [-0.1, -0.05) is 149 Å². The summed E-state index contributed by atoms with van der Waals surface area (Å²) in [5.41, 5.74) is 12.2. The summed E-state index contributed by atoms with van der Waals surface area (Å²) in [6.45, 7) is 13.4. The monoisotopic (exact) mass is 922 g/mol. The number of phenolic OH excluding ortho intramolecular Hbond substituents is 1. The Morgan fingerprint density at radius 3 is 2.00 bits per heavy atom. The Hall–Kier alpha value is -5.90. The maximum absolute atomic E-state index is 11.5. The largest absolute Gasteiger partial charge is 0.507 e. The molecule has 0 radical (unpaired) electrons. The Morgan fingerprint density at radius 2 is 1.25 bits per heavy atom. The normalized spacial score (nSPS) is 12.0. The number of rotatable bonds is 5. The molecule has 9 aromatic rings. The van der Waals surface area contributed by atoms with E-state index >= 15 is 0 Å². The number of phenols is 1. The van der Waals surface area contributed by atoms with Crippen molar-refractivity contribution in [3.63, 3.8) is 0 Å². The van der Waals surface area contributed by atoms with Crippen molar-refractivity contribution in [1.29, 1.82) is 0 Å². The molecule has 3 aromatic heterocycles. The Labute approximate surface area is 348 Å². The first-order valence-electron chi connectivity index (χ1n) is 19.2. The number of imidazole rings is 1. The fraction of sp³-hybridized carbons (Fsp3) is 0.157. The van der Waals surface area contributed by atoms with Gasteiger partial charge >= 0.3 is 0 Å². The molecule has 6 heteroatoms. The minimum Gasteiger partial charge on any atom is -0.507 e. The van der Waals surface area contributed by atoms with Crippen molar-refractivity contribution in [2.45, 2.75) is 52.4 Å². The van der Waals surface area contributed by atoms with E-state index in [1.54, 1.807) is 0 Å². The number of benzene rings is 6. The summed E-state index contributed by atoms with van der Waals surface area (Å²) in [6, 6.07) is 47.9. The molecule has 0 bridgehead atoms. The molecule has 0 atom stereocenters. The summed E-state index contributed by atoms with van der Waals surface area (Å²) in [7, 11) is 0.